The van der Waals surface area contributed by atoms with Crippen LogP contribution in [-0.4, -0.2) is 18.4 Å². The number of nitrogens with one attached hydrogen (secondary N) is 2. The van der Waals surface area contributed by atoms with Crippen LogP contribution in [0.25, 0.3) is 0 Å². The lowest BCUT2D eigenvalue weighted by atomic mass is 10.1. The van der Waals surface area contributed by atoms with E-state index < -0.39 is 0 Å². The van der Waals surface area contributed by atoms with Crippen LogP contribution in [-0.2, 0) is 11.3 Å². The molecule has 28 heavy (non-hydrogen) atoms. The van der Waals surface area contributed by atoms with E-state index in [4.69, 9.17) is 4.74 Å². The molecule has 3 aromatic carbocycles. The van der Waals surface area contributed by atoms with E-state index in [1.807, 2.05) is 61.5 Å². The molecule has 2 amide bonds. The van der Waals surface area contributed by atoms with Gasteiger partial charge in [0, 0.05) is 17.8 Å². The Hall–Kier alpha value is -3.60. The van der Waals surface area contributed by atoms with Gasteiger partial charge >= 0.3 is 0 Å². The molecule has 0 saturated heterocycles. The quantitative estimate of drug-likeness (QED) is 0.658. The fraction of sp³-hybridized carbons (Fsp3) is 0.130. The van der Waals surface area contributed by atoms with E-state index in [0.717, 1.165) is 11.1 Å². The lowest BCUT2D eigenvalue weighted by Crippen LogP contribution is -2.23. The number of aryl methyl sites for hydroxylation is 1. The summed E-state index contributed by atoms with van der Waals surface area (Å²) in [7, 11) is 0. The predicted octanol–water partition coefficient (Wildman–Crippen LogP) is 3.94. The van der Waals surface area contributed by atoms with Crippen molar-refractivity contribution in [3.8, 4) is 5.75 Å². The first-order valence-corrected chi connectivity index (χ1v) is 9.02. The predicted molar refractivity (Wildman–Crippen MR) is 109 cm³/mol. The minimum atomic E-state index is -0.262. The molecular weight excluding hydrogens is 352 g/mol. The highest BCUT2D eigenvalue weighted by Crippen LogP contribution is 2.13. The molecule has 0 saturated carbocycles. The summed E-state index contributed by atoms with van der Waals surface area (Å²) in [5, 5.41) is 5.62. The third kappa shape index (κ3) is 5.71. The molecule has 0 aliphatic rings. The van der Waals surface area contributed by atoms with Crippen molar-refractivity contribution in [1.29, 1.82) is 0 Å². The maximum absolute atomic E-state index is 12.2. The van der Waals surface area contributed by atoms with Crippen LogP contribution in [0.4, 0.5) is 5.69 Å². The van der Waals surface area contributed by atoms with Crippen LogP contribution >= 0.6 is 0 Å². The second kappa shape index (κ2) is 9.37. The molecule has 0 spiro atoms. The summed E-state index contributed by atoms with van der Waals surface area (Å²) in [5.74, 6) is 0.220. The summed E-state index contributed by atoms with van der Waals surface area (Å²) in [6.07, 6.45) is 0. The van der Waals surface area contributed by atoms with Gasteiger partial charge in [0.2, 0.25) is 0 Å². The molecule has 0 heterocycles. The number of hydrogen-bond donors (Lipinski definition) is 2. The van der Waals surface area contributed by atoms with E-state index in [1.165, 1.54) is 0 Å². The Bertz CT molecular complexity index is 920. The summed E-state index contributed by atoms with van der Waals surface area (Å²) in [5.41, 5.74) is 3.31. The van der Waals surface area contributed by atoms with Gasteiger partial charge < -0.3 is 15.4 Å². The molecule has 0 bridgehead atoms. The van der Waals surface area contributed by atoms with Crippen molar-refractivity contribution in [1.82, 2.24) is 5.32 Å². The van der Waals surface area contributed by atoms with Crippen LogP contribution in [0, 0.1) is 6.92 Å². The molecule has 3 aromatic rings. The Labute approximate surface area is 164 Å². The van der Waals surface area contributed by atoms with Gasteiger partial charge in [-0.2, -0.15) is 0 Å². The summed E-state index contributed by atoms with van der Waals surface area (Å²) in [4.78, 5) is 24.2. The standard InChI is InChI=1S/C23H22N2O3/c1-17-7-13-21(14-8-17)28-16-22(26)25-20-11-9-19(10-12-20)23(27)24-15-18-5-3-2-4-6-18/h2-14H,15-16H2,1H3,(H,24,27)(H,25,26). The minimum absolute atomic E-state index is 0.0810. The van der Waals surface area contributed by atoms with Crippen molar-refractivity contribution in [2.75, 3.05) is 11.9 Å². The average Bonchev–Trinajstić information content (AvgIpc) is 2.73. The lowest BCUT2D eigenvalue weighted by Gasteiger charge is -2.09. The van der Waals surface area contributed by atoms with Gasteiger partial charge in [-0.25, -0.2) is 0 Å². The Morgan fingerprint density at radius 1 is 0.857 bits per heavy atom. The van der Waals surface area contributed by atoms with Crippen LogP contribution in [0.5, 0.6) is 5.75 Å². The highest BCUT2D eigenvalue weighted by atomic mass is 16.5. The molecule has 2 N–H and O–H groups in total. The topological polar surface area (TPSA) is 67.4 Å². The number of ether oxygens (including phenoxy) is 1. The van der Waals surface area contributed by atoms with Gasteiger partial charge in [-0.15, -0.1) is 0 Å². The van der Waals surface area contributed by atoms with Gasteiger partial charge in [-0.3, -0.25) is 9.59 Å². The molecular formula is C23H22N2O3. The number of carbonyl (C=O) groups is 2. The van der Waals surface area contributed by atoms with Crippen molar-refractivity contribution in [2.24, 2.45) is 0 Å². The maximum Gasteiger partial charge on any atom is 0.262 e. The zero-order valence-corrected chi connectivity index (χ0v) is 15.6. The number of carbonyl (C=O) groups excluding carboxylic acids is 2. The first-order chi connectivity index (χ1) is 13.6. The van der Waals surface area contributed by atoms with Crippen molar-refractivity contribution in [2.45, 2.75) is 13.5 Å². The van der Waals surface area contributed by atoms with E-state index >= 15 is 0 Å². The normalized spacial score (nSPS) is 10.2. The van der Waals surface area contributed by atoms with Crippen molar-refractivity contribution < 1.29 is 14.3 Å². The number of hydrogen-bond acceptors (Lipinski definition) is 3. The number of benzene rings is 3. The van der Waals surface area contributed by atoms with E-state index in [0.29, 0.717) is 23.5 Å². The Kier molecular flexibility index (Phi) is 6.41. The second-order valence-electron chi connectivity index (χ2n) is 6.40. The van der Waals surface area contributed by atoms with Crippen LogP contribution < -0.4 is 15.4 Å². The highest BCUT2D eigenvalue weighted by molar-refractivity contribution is 5.96. The lowest BCUT2D eigenvalue weighted by molar-refractivity contribution is -0.118. The summed E-state index contributed by atoms with van der Waals surface area (Å²) >= 11 is 0. The smallest absolute Gasteiger partial charge is 0.262 e. The Morgan fingerprint density at radius 3 is 2.21 bits per heavy atom. The van der Waals surface area contributed by atoms with Crippen molar-refractivity contribution in [3.05, 3.63) is 95.6 Å². The van der Waals surface area contributed by atoms with Gasteiger partial charge in [0.15, 0.2) is 6.61 Å². The third-order valence-corrected chi connectivity index (χ3v) is 4.12. The molecule has 3 rings (SSSR count). The molecule has 0 aliphatic carbocycles. The van der Waals surface area contributed by atoms with Gasteiger partial charge in [0.25, 0.3) is 11.8 Å². The first-order valence-electron chi connectivity index (χ1n) is 9.02. The van der Waals surface area contributed by atoms with Crippen LogP contribution in [0.3, 0.4) is 0 Å². The largest absolute Gasteiger partial charge is 0.484 e. The van der Waals surface area contributed by atoms with E-state index in [-0.39, 0.29) is 18.4 Å². The molecule has 0 aliphatic heterocycles. The second-order valence-corrected chi connectivity index (χ2v) is 6.40. The van der Waals surface area contributed by atoms with Crippen LogP contribution in [0.2, 0.25) is 0 Å². The third-order valence-electron chi connectivity index (χ3n) is 4.12. The minimum Gasteiger partial charge on any atom is -0.484 e. The Balaban J connectivity index is 1.47. The van der Waals surface area contributed by atoms with Crippen molar-refractivity contribution in [3.63, 3.8) is 0 Å². The molecule has 0 aromatic heterocycles. The Morgan fingerprint density at radius 2 is 1.54 bits per heavy atom. The molecule has 0 atom stereocenters. The highest BCUT2D eigenvalue weighted by Gasteiger charge is 2.07. The molecule has 0 radical (unpaired) electrons. The van der Waals surface area contributed by atoms with Gasteiger partial charge in [0.1, 0.15) is 5.75 Å². The zero-order chi connectivity index (χ0) is 19.8. The SMILES string of the molecule is Cc1ccc(OCC(=O)Nc2ccc(C(=O)NCc3ccccc3)cc2)cc1. The van der Waals surface area contributed by atoms with Gasteiger partial charge in [0.05, 0.1) is 0 Å². The fourth-order valence-electron chi connectivity index (χ4n) is 2.57. The zero-order valence-electron chi connectivity index (χ0n) is 15.6. The number of amides is 2. The fourth-order valence-corrected chi connectivity index (χ4v) is 2.57. The molecule has 0 unspecified atom stereocenters. The summed E-state index contributed by atoms with van der Waals surface area (Å²) in [6, 6.07) is 24.0. The average molecular weight is 374 g/mol. The van der Waals surface area contributed by atoms with Gasteiger partial charge in [-0.05, 0) is 48.9 Å². The van der Waals surface area contributed by atoms with Crippen LogP contribution in [0.15, 0.2) is 78.9 Å². The van der Waals surface area contributed by atoms with Crippen molar-refractivity contribution >= 4 is 17.5 Å². The summed E-state index contributed by atoms with van der Waals surface area (Å²) < 4.78 is 5.45. The molecule has 142 valence electrons. The summed E-state index contributed by atoms with van der Waals surface area (Å²) in [6.45, 7) is 2.37. The van der Waals surface area contributed by atoms with Gasteiger partial charge in [-0.1, -0.05) is 48.0 Å². The molecule has 0 fully saturated rings. The van der Waals surface area contributed by atoms with E-state index in [1.54, 1.807) is 24.3 Å². The molecule has 5 heteroatoms. The van der Waals surface area contributed by atoms with E-state index in [9.17, 15) is 9.59 Å². The van der Waals surface area contributed by atoms with E-state index in [2.05, 4.69) is 10.6 Å². The molecule has 5 nitrogen and oxygen atoms in total. The number of anilines is 1. The monoisotopic (exact) mass is 374 g/mol. The number of rotatable bonds is 7. The first kappa shape index (κ1) is 19.2. The maximum atomic E-state index is 12.2. The van der Waals surface area contributed by atoms with Crippen LogP contribution in [0.1, 0.15) is 21.5 Å².